The van der Waals surface area contributed by atoms with E-state index >= 15 is 0 Å². The van der Waals surface area contributed by atoms with Gasteiger partial charge < -0.3 is 39.2 Å². The van der Waals surface area contributed by atoms with Gasteiger partial charge in [0.05, 0.1) is 18.2 Å². The second-order valence-corrected chi connectivity index (χ2v) is 14.0. The number of nitrogens with one attached hydrogen (secondary N) is 1. The fourth-order valence-electron chi connectivity index (χ4n) is 5.77. The van der Waals surface area contributed by atoms with Gasteiger partial charge in [-0.15, -0.1) is 0 Å². The molecule has 0 saturated carbocycles. The van der Waals surface area contributed by atoms with Crippen LogP contribution in [0.5, 0.6) is 0 Å². The highest BCUT2D eigenvalue weighted by molar-refractivity contribution is 5.97. The lowest BCUT2D eigenvalue weighted by Crippen LogP contribution is -2.53. The third kappa shape index (κ3) is 11.3. The Morgan fingerprint density at radius 3 is 2.33 bits per heavy atom. The minimum absolute atomic E-state index is 0.0156. The molecule has 2 aromatic rings. The van der Waals surface area contributed by atoms with Crippen molar-refractivity contribution in [1.29, 1.82) is 0 Å². The van der Waals surface area contributed by atoms with Gasteiger partial charge in [0.25, 0.3) is 0 Å². The first-order chi connectivity index (χ1) is 24.6. The van der Waals surface area contributed by atoms with E-state index in [0.717, 1.165) is 11.1 Å². The van der Waals surface area contributed by atoms with Gasteiger partial charge >= 0.3 is 11.9 Å². The van der Waals surface area contributed by atoms with Crippen LogP contribution in [-0.2, 0) is 44.5 Å². The van der Waals surface area contributed by atoms with Crippen molar-refractivity contribution in [2.45, 2.75) is 82.5 Å². The smallest absolute Gasteiger partial charge is 0.338 e. The zero-order valence-electron chi connectivity index (χ0n) is 30.6. The Labute approximate surface area is 304 Å². The van der Waals surface area contributed by atoms with E-state index < -0.39 is 66.4 Å². The Morgan fingerprint density at radius 1 is 1.00 bits per heavy atom. The molecule has 1 heterocycles. The van der Waals surface area contributed by atoms with E-state index in [9.17, 15) is 29.1 Å². The summed E-state index contributed by atoms with van der Waals surface area (Å²) in [7, 11) is 4.82. The lowest BCUT2D eigenvalue weighted by molar-refractivity contribution is -0.155. The minimum Gasteiger partial charge on any atom is -0.460 e. The van der Waals surface area contributed by atoms with Gasteiger partial charge in [0.15, 0.2) is 0 Å². The summed E-state index contributed by atoms with van der Waals surface area (Å²) in [5, 5.41) is 12.9. The van der Waals surface area contributed by atoms with E-state index in [2.05, 4.69) is 5.32 Å². The fourth-order valence-corrected chi connectivity index (χ4v) is 5.77. The molecule has 4 rings (SSSR count). The van der Waals surface area contributed by atoms with Crippen LogP contribution in [0, 0.1) is 0 Å². The van der Waals surface area contributed by atoms with Gasteiger partial charge in [-0.1, -0.05) is 42.5 Å². The molecule has 0 bridgehead atoms. The van der Waals surface area contributed by atoms with Gasteiger partial charge in [-0.3, -0.25) is 19.2 Å². The molecular weight excluding hydrogens is 670 g/mol. The topological polar surface area (TPSA) is 161 Å². The predicted molar refractivity (Wildman–Crippen MR) is 191 cm³/mol. The van der Waals surface area contributed by atoms with E-state index in [1.54, 1.807) is 71.3 Å². The fraction of sp³-hybridized carbons (Fsp3) is 0.462. The molecule has 1 saturated heterocycles. The number of aliphatic hydroxyl groups is 1. The van der Waals surface area contributed by atoms with Crippen LogP contribution in [0.3, 0.4) is 0 Å². The summed E-state index contributed by atoms with van der Waals surface area (Å²) in [5.74, 6) is -2.22. The van der Waals surface area contributed by atoms with Gasteiger partial charge in [-0.05, 0) is 62.6 Å². The van der Waals surface area contributed by atoms with Crippen LogP contribution in [-0.4, -0.2) is 115 Å². The molecule has 13 nitrogen and oxygen atoms in total. The highest BCUT2D eigenvalue weighted by Gasteiger charge is 2.44. The minimum atomic E-state index is -0.994. The molecule has 13 heteroatoms. The summed E-state index contributed by atoms with van der Waals surface area (Å²) in [6.45, 7) is 4.81. The Balaban J connectivity index is 1.48. The average molecular weight is 720 g/mol. The normalized spacial score (nSPS) is 19.5. The molecule has 0 radical (unpaired) electrons. The SMILES string of the molecule is CN(C)C(=O)C=Cc1ccc(C(=O)OC2CC(C(=O)N(C)C(Cc3ccccc3)C(=O)NC(CO)CCC(=O)OC(C)(C)C)=CC3OCOC32)cc1. The van der Waals surface area contributed by atoms with Crippen molar-refractivity contribution in [2.24, 2.45) is 0 Å². The molecule has 2 aliphatic rings. The van der Waals surface area contributed by atoms with Crippen molar-refractivity contribution in [1.82, 2.24) is 15.1 Å². The van der Waals surface area contributed by atoms with Gasteiger partial charge in [0.1, 0.15) is 36.7 Å². The molecule has 280 valence electrons. The van der Waals surface area contributed by atoms with E-state index in [1.165, 1.54) is 22.9 Å². The number of aliphatic hydroxyl groups excluding tert-OH is 1. The lowest BCUT2D eigenvalue weighted by Gasteiger charge is -2.34. The third-order valence-electron chi connectivity index (χ3n) is 8.58. The number of esters is 2. The van der Waals surface area contributed by atoms with Crippen LogP contribution in [0.4, 0.5) is 0 Å². The number of carbonyl (C=O) groups is 5. The number of carbonyl (C=O) groups excluding carboxylic acids is 5. The Kier molecular flexibility index (Phi) is 13.9. The first kappa shape index (κ1) is 39.9. The number of rotatable bonds is 14. The molecule has 2 aromatic carbocycles. The predicted octanol–water partition coefficient (Wildman–Crippen LogP) is 3.05. The van der Waals surface area contributed by atoms with Crippen LogP contribution >= 0.6 is 0 Å². The Morgan fingerprint density at radius 2 is 1.69 bits per heavy atom. The molecule has 52 heavy (non-hydrogen) atoms. The zero-order chi connectivity index (χ0) is 38.0. The first-order valence-corrected chi connectivity index (χ1v) is 17.2. The molecular formula is C39H49N3O10. The van der Waals surface area contributed by atoms with E-state index in [1.807, 2.05) is 30.3 Å². The van der Waals surface area contributed by atoms with Gasteiger partial charge in [0, 0.05) is 52.1 Å². The molecule has 0 aromatic heterocycles. The highest BCUT2D eigenvalue weighted by Crippen LogP contribution is 2.32. The number of ether oxygens (including phenoxy) is 4. The monoisotopic (exact) mass is 719 g/mol. The number of hydrogen-bond donors (Lipinski definition) is 2. The third-order valence-corrected chi connectivity index (χ3v) is 8.58. The van der Waals surface area contributed by atoms with Crippen molar-refractivity contribution in [3.8, 4) is 0 Å². The standard InChI is InChI=1S/C39H49N3O10/c1-39(2,3)52-34(45)19-17-29(23-43)40-36(46)30(20-26-10-8-7-9-11-26)42(6)37(47)28-21-31-35(50-24-49-31)32(22-28)51-38(48)27-15-12-25(13-16-27)14-18-33(44)41(4)5/h7-16,18,21,29-32,35,43H,17,19-20,22-24H2,1-6H3,(H,40,46). The maximum atomic E-state index is 14.1. The molecule has 1 aliphatic heterocycles. The highest BCUT2D eigenvalue weighted by atomic mass is 16.7. The molecule has 0 spiro atoms. The maximum Gasteiger partial charge on any atom is 0.338 e. The van der Waals surface area contributed by atoms with E-state index in [-0.39, 0.29) is 49.5 Å². The second kappa shape index (κ2) is 18.1. The molecule has 1 aliphatic carbocycles. The summed E-state index contributed by atoms with van der Waals surface area (Å²) in [6, 6.07) is 14.0. The Hall–Kier alpha value is -4.85. The summed E-state index contributed by atoms with van der Waals surface area (Å²) in [4.78, 5) is 68.1. The van der Waals surface area contributed by atoms with Gasteiger partial charge in [-0.2, -0.15) is 0 Å². The lowest BCUT2D eigenvalue weighted by atomic mass is 9.90. The van der Waals surface area contributed by atoms with Crippen LogP contribution in [0.25, 0.3) is 6.08 Å². The van der Waals surface area contributed by atoms with Crippen molar-refractivity contribution in [3.05, 3.63) is 89.0 Å². The molecule has 5 atom stereocenters. The summed E-state index contributed by atoms with van der Waals surface area (Å²) in [5.41, 5.74) is 1.42. The number of fused-ring (bicyclic) bond motifs is 1. The van der Waals surface area contributed by atoms with Crippen LogP contribution in [0.2, 0.25) is 0 Å². The maximum absolute atomic E-state index is 14.1. The average Bonchev–Trinajstić information content (AvgIpc) is 3.59. The van der Waals surface area contributed by atoms with E-state index in [4.69, 9.17) is 18.9 Å². The number of amides is 3. The first-order valence-electron chi connectivity index (χ1n) is 17.2. The summed E-state index contributed by atoms with van der Waals surface area (Å²) >= 11 is 0. The summed E-state index contributed by atoms with van der Waals surface area (Å²) in [6.07, 6.45) is 2.88. The van der Waals surface area contributed by atoms with Crippen molar-refractivity contribution >= 4 is 35.7 Å². The van der Waals surface area contributed by atoms with Crippen LogP contribution in [0.15, 0.2) is 72.3 Å². The number of benzene rings is 2. The van der Waals surface area contributed by atoms with Crippen LogP contribution < -0.4 is 5.32 Å². The zero-order valence-corrected chi connectivity index (χ0v) is 30.6. The number of likely N-dealkylation sites (N-methyl/N-ethyl adjacent to an activating group) is 2. The quantitative estimate of drug-likeness (QED) is 0.219. The Bertz CT molecular complexity index is 1630. The second-order valence-electron chi connectivity index (χ2n) is 14.0. The van der Waals surface area contributed by atoms with E-state index in [0.29, 0.717) is 0 Å². The molecule has 3 amide bonds. The number of nitrogens with zero attached hydrogens (tertiary/aromatic N) is 2. The number of hydrogen-bond acceptors (Lipinski definition) is 10. The van der Waals surface area contributed by atoms with Gasteiger partial charge in [-0.25, -0.2) is 4.79 Å². The van der Waals surface area contributed by atoms with Gasteiger partial charge in [0.2, 0.25) is 17.7 Å². The molecule has 2 N–H and O–H groups in total. The van der Waals surface area contributed by atoms with Crippen molar-refractivity contribution < 1.29 is 48.0 Å². The van der Waals surface area contributed by atoms with Crippen molar-refractivity contribution in [3.63, 3.8) is 0 Å². The molecule has 1 fully saturated rings. The van der Waals surface area contributed by atoms with Crippen LogP contribution in [0.1, 0.15) is 61.5 Å². The summed E-state index contributed by atoms with van der Waals surface area (Å²) < 4.78 is 22.7. The largest absolute Gasteiger partial charge is 0.460 e. The molecule has 5 unspecified atom stereocenters. The van der Waals surface area contributed by atoms with Crippen molar-refractivity contribution in [2.75, 3.05) is 34.5 Å².